The van der Waals surface area contributed by atoms with Crippen LogP contribution in [0.2, 0.25) is 0 Å². The van der Waals surface area contributed by atoms with Gasteiger partial charge in [0.2, 0.25) is 0 Å². The van der Waals surface area contributed by atoms with Crippen LogP contribution in [0.4, 0.5) is 5.13 Å². The number of hydrogen-bond acceptors (Lipinski definition) is 5. The molecule has 3 rings (SSSR count). The molecule has 0 atom stereocenters. The second-order valence-electron chi connectivity index (χ2n) is 4.88. The Morgan fingerprint density at radius 1 is 1.17 bits per heavy atom. The van der Waals surface area contributed by atoms with Crippen molar-refractivity contribution in [2.45, 2.75) is 0 Å². The number of benzene rings is 2. The molecule has 0 saturated heterocycles. The number of carbonyl (C=O) groups excluding carboxylic acids is 1. The molecule has 0 unspecified atom stereocenters. The predicted molar refractivity (Wildman–Crippen MR) is 92.8 cm³/mol. The van der Waals surface area contributed by atoms with Gasteiger partial charge in [-0.3, -0.25) is 10.1 Å². The Kier molecular flexibility index (Phi) is 4.84. The molecule has 0 aliphatic rings. The highest BCUT2D eigenvalue weighted by molar-refractivity contribution is 7.14. The summed E-state index contributed by atoms with van der Waals surface area (Å²) < 4.78 is 5.39. The minimum absolute atomic E-state index is 0.119. The van der Waals surface area contributed by atoms with Crippen LogP contribution in [0.5, 0.6) is 5.75 Å². The lowest BCUT2D eigenvalue weighted by Gasteiger charge is -2.05. The first-order chi connectivity index (χ1) is 11.7. The van der Waals surface area contributed by atoms with Crippen molar-refractivity contribution in [3.05, 3.63) is 65.5 Å². The molecule has 0 radical (unpaired) electrons. The Hall–Kier alpha value is -3.17. The van der Waals surface area contributed by atoms with E-state index in [-0.39, 0.29) is 12.5 Å². The molecule has 0 saturated carbocycles. The lowest BCUT2D eigenvalue weighted by Crippen LogP contribution is -2.20. The zero-order valence-corrected chi connectivity index (χ0v) is 13.4. The molecule has 1 heterocycles. The van der Waals surface area contributed by atoms with Gasteiger partial charge in [-0.15, -0.1) is 11.3 Å². The molecule has 1 amide bonds. The number of amides is 1. The number of aromatic nitrogens is 1. The highest BCUT2D eigenvalue weighted by Gasteiger charge is 2.08. The first-order valence-electron chi connectivity index (χ1n) is 7.18. The summed E-state index contributed by atoms with van der Waals surface area (Å²) in [5, 5.41) is 13.9. The number of nitrogens with zero attached hydrogens (tertiary/aromatic N) is 2. The van der Waals surface area contributed by atoms with Crippen molar-refractivity contribution in [1.82, 2.24) is 4.98 Å². The van der Waals surface area contributed by atoms with E-state index < -0.39 is 0 Å². The average molecular weight is 335 g/mol. The zero-order chi connectivity index (χ0) is 16.8. The third-order valence-corrected chi connectivity index (χ3v) is 3.93. The largest absolute Gasteiger partial charge is 0.484 e. The molecule has 6 heteroatoms. The number of anilines is 1. The molecular weight excluding hydrogens is 322 g/mol. The van der Waals surface area contributed by atoms with E-state index in [1.807, 2.05) is 41.8 Å². The van der Waals surface area contributed by atoms with Gasteiger partial charge in [0.15, 0.2) is 11.7 Å². The van der Waals surface area contributed by atoms with E-state index in [0.717, 1.165) is 11.3 Å². The van der Waals surface area contributed by atoms with Gasteiger partial charge >= 0.3 is 0 Å². The SMILES string of the molecule is N#Cc1ccc(OCC(=O)Nc2nc(-c3ccccc3)cs2)cc1. The number of ether oxygens (including phenoxy) is 1. The summed E-state index contributed by atoms with van der Waals surface area (Å²) in [4.78, 5) is 16.3. The summed E-state index contributed by atoms with van der Waals surface area (Å²) in [7, 11) is 0. The fraction of sp³-hybridized carbons (Fsp3) is 0.0556. The summed E-state index contributed by atoms with van der Waals surface area (Å²) in [5.41, 5.74) is 2.37. The molecule has 2 aromatic carbocycles. The molecule has 0 bridgehead atoms. The Balaban J connectivity index is 1.55. The van der Waals surface area contributed by atoms with E-state index in [0.29, 0.717) is 16.4 Å². The van der Waals surface area contributed by atoms with Crippen LogP contribution in [0, 0.1) is 11.3 Å². The Morgan fingerprint density at radius 2 is 1.92 bits per heavy atom. The number of nitriles is 1. The molecule has 118 valence electrons. The van der Waals surface area contributed by atoms with Gasteiger partial charge in [0.05, 0.1) is 17.3 Å². The van der Waals surface area contributed by atoms with Crippen LogP contribution in [-0.4, -0.2) is 17.5 Å². The average Bonchev–Trinajstić information content (AvgIpc) is 3.09. The predicted octanol–water partition coefficient (Wildman–Crippen LogP) is 3.70. The minimum atomic E-state index is -0.284. The highest BCUT2D eigenvalue weighted by Crippen LogP contribution is 2.24. The van der Waals surface area contributed by atoms with Gasteiger partial charge in [0.1, 0.15) is 5.75 Å². The van der Waals surface area contributed by atoms with E-state index in [2.05, 4.69) is 10.3 Å². The number of hydrogen-bond donors (Lipinski definition) is 1. The molecule has 0 aliphatic heterocycles. The van der Waals surface area contributed by atoms with Crippen molar-refractivity contribution in [2.75, 3.05) is 11.9 Å². The van der Waals surface area contributed by atoms with Gasteiger partial charge in [-0.05, 0) is 24.3 Å². The number of rotatable bonds is 5. The fourth-order valence-corrected chi connectivity index (χ4v) is 2.74. The van der Waals surface area contributed by atoms with E-state index in [1.54, 1.807) is 24.3 Å². The smallest absolute Gasteiger partial charge is 0.264 e. The van der Waals surface area contributed by atoms with Crippen molar-refractivity contribution in [3.8, 4) is 23.1 Å². The summed E-state index contributed by atoms with van der Waals surface area (Å²) in [6.07, 6.45) is 0. The van der Waals surface area contributed by atoms with Gasteiger partial charge < -0.3 is 4.74 Å². The normalized spacial score (nSPS) is 9.96. The lowest BCUT2D eigenvalue weighted by atomic mass is 10.2. The van der Waals surface area contributed by atoms with Crippen LogP contribution >= 0.6 is 11.3 Å². The van der Waals surface area contributed by atoms with Crippen molar-refractivity contribution in [1.29, 1.82) is 5.26 Å². The number of thiazole rings is 1. The standard InChI is InChI=1S/C18H13N3O2S/c19-10-13-6-8-15(9-7-13)23-11-17(22)21-18-20-16(12-24-18)14-4-2-1-3-5-14/h1-9,12H,11H2,(H,20,21,22). The maximum Gasteiger partial charge on any atom is 0.264 e. The summed E-state index contributed by atoms with van der Waals surface area (Å²) in [6.45, 7) is -0.119. The van der Waals surface area contributed by atoms with Crippen molar-refractivity contribution in [2.24, 2.45) is 0 Å². The first-order valence-corrected chi connectivity index (χ1v) is 8.06. The van der Waals surface area contributed by atoms with Crippen molar-refractivity contribution < 1.29 is 9.53 Å². The molecule has 1 N–H and O–H groups in total. The third-order valence-electron chi connectivity index (χ3n) is 3.17. The molecule has 5 nitrogen and oxygen atoms in total. The van der Waals surface area contributed by atoms with Gasteiger partial charge in [-0.2, -0.15) is 5.26 Å². The van der Waals surface area contributed by atoms with E-state index in [9.17, 15) is 4.79 Å². The monoisotopic (exact) mass is 335 g/mol. The van der Waals surface area contributed by atoms with Crippen LogP contribution in [0.3, 0.4) is 0 Å². The second kappa shape index (κ2) is 7.40. The maximum atomic E-state index is 11.9. The molecule has 0 fully saturated rings. The van der Waals surface area contributed by atoms with Crippen molar-refractivity contribution in [3.63, 3.8) is 0 Å². The first kappa shape index (κ1) is 15.7. The molecular formula is C18H13N3O2S. The van der Waals surface area contributed by atoms with Gasteiger partial charge in [0, 0.05) is 10.9 Å². The topological polar surface area (TPSA) is 75.0 Å². The zero-order valence-electron chi connectivity index (χ0n) is 12.6. The number of nitrogens with one attached hydrogen (secondary N) is 1. The van der Waals surface area contributed by atoms with E-state index in [4.69, 9.17) is 10.00 Å². The molecule has 24 heavy (non-hydrogen) atoms. The van der Waals surface area contributed by atoms with Crippen LogP contribution < -0.4 is 10.1 Å². The van der Waals surface area contributed by atoms with Gasteiger partial charge in [0.25, 0.3) is 5.91 Å². The van der Waals surface area contributed by atoms with Crippen LogP contribution in [0.15, 0.2) is 60.0 Å². The summed E-state index contributed by atoms with van der Waals surface area (Å²) in [6, 6.07) is 18.4. The Morgan fingerprint density at radius 3 is 2.62 bits per heavy atom. The fourth-order valence-electron chi connectivity index (χ4n) is 2.00. The Bertz CT molecular complexity index is 867. The second-order valence-corrected chi connectivity index (χ2v) is 5.74. The summed E-state index contributed by atoms with van der Waals surface area (Å²) >= 11 is 1.36. The van der Waals surface area contributed by atoms with Gasteiger partial charge in [-0.1, -0.05) is 30.3 Å². The summed E-state index contributed by atoms with van der Waals surface area (Å²) in [5.74, 6) is 0.251. The maximum absolute atomic E-state index is 11.9. The lowest BCUT2D eigenvalue weighted by molar-refractivity contribution is -0.118. The highest BCUT2D eigenvalue weighted by atomic mass is 32.1. The minimum Gasteiger partial charge on any atom is -0.484 e. The van der Waals surface area contributed by atoms with Crippen LogP contribution in [0.1, 0.15) is 5.56 Å². The van der Waals surface area contributed by atoms with Gasteiger partial charge in [-0.25, -0.2) is 4.98 Å². The molecule has 0 aliphatic carbocycles. The molecule has 1 aromatic heterocycles. The number of carbonyl (C=O) groups is 1. The Labute approximate surface area is 143 Å². The van der Waals surface area contributed by atoms with E-state index >= 15 is 0 Å². The molecule has 0 spiro atoms. The van der Waals surface area contributed by atoms with Crippen LogP contribution in [-0.2, 0) is 4.79 Å². The quantitative estimate of drug-likeness (QED) is 0.771. The van der Waals surface area contributed by atoms with E-state index in [1.165, 1.54) is 11.3 Å². The molecule has 3 aromatic rings. The van der Waals surface area contributed by atoms with Crippen molar-refractivity contribution >= 4 is 22.4 Å². The third kappa shape index (κ3) is 3.97. The van der Waals surface area contributed by atoms with Crippen LogP contribution in [0.25, 0.3) is 11.3 Å².